The Labute approximate surface area is 138 Å². The number of aliphatic hydroxyl groups excluding tert-OH is 1. The van der Waals surface area contributed by atoms with Crippen LogP contribution in [0, 0.1) is 0 Å². The Balaban J connectivity index is 1.62. The Bertz CT molecular complexity index is 436. The molecule has 4 nitrogen and oxygen atoms in total. The monoisotopic (exact) mass is 328 g/mol. The van der Waals surface area contributed by atoms with E-state index in [2.05, 4.69) is 6.92 Å². The lowest BCUT2D eigenvalue weighted by Gasteiger charge is -2.30. The molecular formula is C17H29ClN2O2+2. The lowest BCUT2D eigenvalue weighted by atomic mass is 10.2. The number of ether oxygens (including phenoxy) is 1. The third-order valence-electron chi connectivity index (χ3n) is 4.32. The van der Waals surface area contributed by atoms with Gasteiger partial charge in [-0.2, -0.15) is 0 Å². The Kier molecular flexibility index (Phi) is 7.63. The number of hydrogen-bond acceptors (Lipinski definition) is 2. The molecule has 0 radical (unpaired) electrons. The van der Waals surface area contributed by atoms with Crippen molar-refractivity contribution in [1.82, 2.24) is 0 Å². The van der Waals surface area contributed by atoms with Gasteiger partial charge >= 0.3 is 0 Å². The highest BCUT2D eigenvalue weighted by Gasteiger charge is 2.24. The van der Waals surface area contributed by atoms with Crippen molar-refractivity contribution in [1.29, 1.82) is 0 Å². The van der Waals surface area contributed by atoms with Gasteiger partial charge in [-0.3, -0.25) is 0 Å². The highest BCUT2D eigenvalue weighted by atomic mass is 35.5. The molecule has 1 atom stereocenters. The Hall–Kier alpha value is -0.650. The van der Waals surface area contributed by atoms with Crippen molar-refractivity contribution in [2.75, 3.05) is 45.9 Å². The van der Waals surface area contributed by atoms with Crippen LogP contribution in [0.1, 0.15) is 18.9 Å². The Morgan fingerprint density at radius 3 is 2.55 bits per heavy atom. The third-order valence-corrected chi connectivity index (χ3v) is 4.69. The molecule has 124 valence electrons. The third kappa shape index (κ3) is 5.86. The van der Waals surface area contributed by atoms with Gasteiger partial charge in [-0.25, -0.2) is 0 Å². The molecule has 3 N–H and O–H groups in total. The van der Waals surface area contributed by atoms with Crippen LogP contribution in [0.4, 0.5) is 0 Å². The maximum Gasteiger partial charge on any atom is 0.127 e. The van der Waals surface area contributed by atoms with Crippen LogP contribution in [0.5, 0.6) is 0 Å². The van der Waals surface area contributed by atoms with Crippen LogP contribution >= 0.6 is 11.6 Å². The van der Waals surface area contributed by atoms with E-state index in [4.69, 9.17) is 16.3 Å². The summed E-state index contributed by atoms with van der Waals surface area (Å²) >= 11 is 6.09. The van der Waals surface area contributed by atoms with E-state index in [-0.39, 0.29) is 0 Å². The predicted octanol–water partition coefficient (Wildman–Crippen LogP) is -0.589. The van der Waals surface area contributed by atoms with E-state index in [9.17, 15) is 5.11 Å². The van der Waals surface area contributed by atoms with Gasteiger partial charge in [-0.1, -0.05) is 36.7 Å². The molecule has 0 aromatic heterocycles. The standard InChI is InChI=1S/C17H27ClN2O2/c1-2-7-19-8-10-20(11-9-19)12-16(21)14-22-13-15-5-3-4-6-17(15)18/h3-6,16,21H,2,7-14H2,1H3/p+2/t16-/m1/s1. The summed E-state index contributed by atoms with van der Waals surface area (Å²) in [6, 6.07) is 7.67. The smallest absolute Gasteiger partial charge is 0.127 e. The normalized spacial score (nSPS) is 23.4. The summed E-state index contributed by atoms with van der Waals surface area (Å²) in [4.78, 5) is 3.20. The van der Waals surface area contributed by atoms with E-state index < -0.39 is 6.10 Å². The first kappa shape index (κ1) is 17.7. The average Bonchev–Trinajstić information content (AvgIpc) is 2.51. The van der Waals surface area contributed by atoms with Crippen LogP contribution in [0.15, 0.2) is 24.3 Å². The fraction of sp³-hybridized carbons (Fsp3) is 0.647. The Morgan fingerprint density at radius 1 is 1.18 bits per heavy atom. The molecule has 22 heavy (non-hydrogen) atoms. The maximum absolute atomic E-state index is 10.1. The van der Waals surface area contributed by atoms with Crippen LogP contribution in [0.3, 0.4) is 0 Å². The quantitative estimate of drug-likeness (QED) is 0.597. The number of halogens is 1. The lowest BCUT2D eigenvalue weighted by molar-refractivity contribution is -1.01. The minimum Gasteiger partial charge on any atom is -0.385 e. The van der Waals surface area contributed by atoms with Crippen molar-refractivity contribution in [3.05, 3.63) is 34.9 Å². The molecule has 5 heteroatoms. The summed E-state index contributed by atoms with van der Waals surface area (Å²) < 4.78 is 5.61. The summed E-state index contributed by atoms with van der Waals surface area (Å²) in [6.45, 7) is 9.87. The first-order valence-electron chi connectivity index (χ1n) is 8.35. The lowest BCUT2D eigenvalue weighted by Crippen LogP contribution is -3.28. The molecule has 1 saturated heterocycles. The zero-order valence-corrected chi connectivity index (χ0v) is 14.2. The van der Waals surface area contributed by atoms with E-state index in [1.54, 1.807) is 4.90 Å². The molecule has 1 aromatic carbocycles. The largest absolute Gasteiger partial charge is 0.385 e. The summed E-state index contributed by atoms with van der Waals surface area (Å²) in [5, 5.41) is 10.9. The van der Waals surface area contributed by atoms with Gasteiger partial charge in [0.05, 0.1) is 19.8 Å². The van der Waals surface area contributed by atoms with Gasteiger partial charge in [-0.05, 0) is 18.1 Å². The second-order valence-corrected chi connectivity index (χ2v) is 6.62. The van der Waals surface area contributed by atoms with Crippen molar-refractivity contribution >= 4 is 11.6 Å². The van der Waals surface area contributed by atoms with Crippen LogP contribution < -0.4 is 9.80 Å². The zero-order chi connectivity index (χ0) is 15.8. The second kappa shape index (κ2) is 9.48. The van der Waals surface area contributed by atoms with E-state index in [1.165, 1.54) is 31.0 Å². The van der Waals surface area contributed by atoms with Crippen LogP contribution in [0.2, 0.25) is 5.02 Å². The number of nitrogens with one attached hydrogen (secondary N) is 2. The topological polar surface area (TPSA) is 38.3 Å². The first-order valence-corrected chi connectivity index (χ1v) is 8.73. The van der Waals surface area contributed by atoms with Crippen molar-refractivity contribution < 1.29 is 19.6 Å². The van der Waals surface area contributed by atoms with Crippen molar-refractivity contribution in [2.45, 2.75) is 26.1 Å². The predicted molar refractivity (Wildman–Crippen MR) is 88.5 cm³/mol. The molecule has 1 heterocycles. The first-order chi connectivity index (χ1) is 10.7. The van der Waals surface area contributed by atoms with Crippen molar-refractivity contribution in [2.24, 2.45) is 0 Å². The van der Waals surface area contributed by atoms with Crippen LogP contribution in [-0.4, -0.2) is 57.1 Å². The van der Waals surface area contributed by atoms with E-state index in [0.717, 1.165) is 30.2 Å². The number of hydrogen-bond donors (Lipinski definition) is 3. The highest BCUT2D eigenvalue weighted by molar-refractivity contribution is 6.31. The Morgan fingerprint density at radius 2 is 1.86 bits per heavy atom. The number of benzene rings is 1. The fourth-order valence-electron chi connectivity index (χ4n) is 3.08. The van der Waals surface area contributed by atoms with E-state index in [0.29, 0.717) is 13.2 Å². The van der Waals surface area contributed by atoms with Gasteiger partial charge in [0.2, 0.25) is 0 Å². The number of quaternary nitrogens is 2. The average molecular weight is 329 g/mol. The molecule has 0 unspecified atom stereocenters. The number of piperazine rings is 1. The molecular weight excluding hydrogens is 300 g/mol. The maximum atomic E-state index is 10.1. The summed E-state index contributed by atoms with van der Waals surface area (Å²) in [7, 11) is 0. The summed E-state index contributed by atoms with van der Waals surface area (Å²) in [6.07, 6.45) is 0.855. The number of aliphatic hydroxyl groups is 1. The summed E-state index contributed by atoms with van der Waals surface area (Å²) in [5.41, 5.74) is 0.973. The molecule has 0 spiro atoms. The molecule has 0 aliphatic carbocycles. The van der Waals surface area contributed by atoms with Gasteiger partial charge in [0.15, 0.2) is 0 Å². The highest BCUT2D eigenvalue weighted by Crippen LogP contribution is 2.15. The van der Waals surface area contributed by atoms with Gasteiger partial charge < -0.3 is 19.6 Å². The SMILES string of the molecule is CCC[NH+]1CC[NH+](C[C@@H](O)COCc2ccccc2Cl)CC1. The van der Waals surface area contributed by atoms with Gasteiger partial charge in [0.1, 0.15) is 38.8 Å². The molecule has 1 aliphatic rings. The molecule has 2 rings (SSSR count). The number of rotatable bonds is 8. The molecule has 1 aromatic rings. The van der Waals surface area contributed by atoms with Crippen LogP contribution in [0.25, 0.3) is 0 Å². The fourth-order valence-corrected chi connectivity index (χ4v) is 3.27. The van der Waals surface area contributed by atoms with E-state index >= 15 is 0 Å². The molecule has 1 aliphatic heterocycles. The second-order valence-electron chi connectivity index (χ2n) is 6.21. The van der Waals surface area contributed by atoms with Gasteiger partial charge in [0, 0.05) is 5.02 Å². The molecule has 1 fully saturated rings. The van der Waals surface area contributed by atoms with Gasteiger partial charge in [0.25, 0.3) is 0 Å². The van der Waals surface area contributed by atoms with E-state index in [1.807, 2.05) is 24.3 Å². The van der Waals surface area contributed by atoms with Gasteiger partial charge in [-0.15, -0.1) is 0 Å². The summed E-state index contributed by atoms with van der Waals surface area (Å²) in [5.74, 6) is 0. The minimum atomic E-state index is -0.398. The van der Waals surface area contributed by atoms with Crippen LogP contribution in [-0.2, 0) is 11.3 Å². The van der Waals surface area contributed by atoms with Crippen molar-refractivity contribution in [3.63, 3.8) is 0 Å². The zero-order valence-electron chi connectivity index (χ0n) is 13.5. The molecule has 0 saturated carbocycles. The minimum absolute atomic E-state index is 0.375. The molecule has 0 amide bonds. The molecule has 0 bridgehead atoms. The van der Waals surface area contributed by atoms with Crippen molar-refractivity contribution in [3.8, 4) is 0 Å².